The molecule has 6 nitrogen and oxygen atoms in total. The Morgan fingerprint density at radius 2 is 1.88 bits per heavy atom. The minimum atomic E-state index is -0.446. The zero-order valence-corrected chi connectivity index (χ0v) is 14.2. The quantitative estimate of drug-likeness (QED) is 0.513. The van der Waals surface area contributed by atoms with Crippen LogP contribution in [-0.2, 0) is 9.53 Å². The van der Waals surface area contributed by atoms with Gasteiger partial charge in [-0.1, -0.05) is 12.1 Å². The molecule has 1 aromatic carbocycles. The monoisotopic (exact) mass is 338 g/mol. The number of esters is 1. The lowest BCUT2D eigenvalue weighted by atomic mass is 10.1. The molecular formula is C19H18N2O4. The second kappa shape index (κ2) is 7.97. The molecule has 1 aromatic heterocycles. The van der Waals surface area contributed by atoms with Crippen LogP contribution in [0.4, 0.5) is 0 Å². The SMILES string of the molecule is COC(=O)c1ccc(-c2ccc(/C=C(\C#N)C(=O)NC(C)C)o2)cc1. The highest BCUT2D eigenvalue weighted by Gasteiger charge is 2.12. The number of carbonyl (C=O) groups excluding carboxylic acids is 2. The van der Waals surface area contributed by atoms with Crippen molar-refractivity contribution >= 4 is 18.0 Å². The van der Waals surface area contributed by atoms with Gasteiger partial charge in [-0.15, -0.1) is 0 Å². The number of nitrogens with zero attached hydrogens (tertiary/aromatic N) is 1. The molecule has 128 valence electrons. The second-order valence-corrected chi connectivity index (χ2v) is 5.57. The van der Waals surface area contributed by atoms with E-state index in [0.717, 1.165) is 5.56 Å². The number of furan rings is 1. The molecule has 0 aliphatic rings. The highest BCUT2D eigenvalue weighted by Crippen LogP contribution is 2.24. The van der Waals surface area contributed by atoms with Gasteiger partial charge in [0, 0.05) is 17.7 Å². The molecule has 0 saturated carbocycles. The fourth-order valence-electron chi connectivity index (χ4n) is 2.10. The number of benzene rings is 1. The molecular weight excluding hydrogens is 320 g/mol. The van der Waals surface area contributed by atoms with Gasteiger partial charge in [0.15, 0.2) is 0 Å². The van der Waals surface area contributed by atoms with Gasteiger partial charge in [-0.3, -0.25) is 4.79 Å². The maximum atomic E-state index is 11.9. The summed E-state index contributed by atoms with van der Waals surface area (Å²) in [6.07, 6.45) is 1.39. The fourth-order valence-corrected chi connectivity index (χ4v) is 2.10. The molecule has 0 saturated heterocycles. The first-order valence-electron chi connectivity index (χ1n) is 7.66. The summed E-state index contributed by atoms with van der Waals surface area (Å²) in [6.45, 7) is 3.63. The first-order valence-corrected chi connectivity index (χ1v) is 7.66. The van der Waals surface area contributed by atoms with Gasteiger partial charge in [0.2, 0.25) is 0 Å². The second-order valence-electron chi connectivity index (χ2n) is 5.57. The van der Waals surface area contributed by atoms with Gasteiger partial charge in [0.25, 0.3) is 5.91 Å². The molecule has 25 heavy (non-hydrogen) atoms. The third-order valence-corrected chi connectivity index (χ3v) is 3.29. The fraction of sp³-hybridized carbons (Fsp3) is 0.211. The van der Waals surface area contributed by atoms with E-state index in [1.165, 1.54) is 13.2 Å². The first-order chi connectivity index (χ1) is 11.9. The number of hydrogen-bond donors (Lipinski definition) is 1. The average Bonchev–Trinajstić information content (AvgIpc) is 3.07. The summed E-state index contributed by atoms with van der Waals surface area (Å²) < 4.78 is 10.3. The molecule has 0 aliphatic carbocycles. The normalized spacial score (nSPS) is 11.1. The van der Waals surface area contributed by atoms with E-state index in [0.29, 0.717) is 17.1 Å². The minimum Gasteiger partial charge on any atom is -0.465 e. The number of nitriles is 1. The zero-order valence-electron chi connectivity index (χ0n) is 14.2. The Morgan fingerprint density at radius 3 is 2.44 bits per heavy atom. The van der Waals surface area contributed by atoms with Crippen molar-refractivity contribution in [2.75, 3.05) is 7.11 Å². The largest absolute Gasteiger partial charge is 0.465 e. The van der Waals surface area contributed by atoms with E-state index in [9.17, 15) is 9.59 Å². The number of methoxy groups -OCH3 is 1. The first kappa shape index (κ1) is 18.0. The van der Waals surface area contributed by atoms with E-state index in [4.69, 9.17) is 9.68 Å². The lowest BCUT2D eigenvalue weighted by Crippen LogP contribution is -2.30. The lowest BCUT2D eigenvalue weighted by Gasteiger charge is -2.06. The van der Waals surface area contributed by atoms with E-state index >= 15 is 0 Å². The van der Waals surface area contributed by atoms with Crippen LogP contribution in [0.25, 0.3) is 17.4 Å². The molecule has 0 aliphatic heterocycles. The van der Waals surface area contributed by atoms with E-state index < -0.39 is 11.9 Å². The molecule has 0 atom stereocenters. The molecule has 2 aromatic rings. The maximum Gasteiger partial charge on any atom is 0.337 e. The van der Waals surface area contributed by atoms with Gasteiger partial charge in [-0.2, -0.15) is 5.26 Å². The predicted molar refractivity (Wildman–Crippen MR) is 92.4 cm³/mol. The van der Waals surface area contributed by atoms with E-state index in [-0.39, 0.29) is 11.6 Å². The zero-order chi connectivity index (χ0) is 18.4. The Labute approximate surface area is 145 Å². The molecule has 0 bridgehead atoms. The minimum absolute atomic E-state index is 0.0318. The number of amides is 1. The smallest absolute Gasteiger partial charge is 0.337 e. The number of ether oxygens (including phenoxy) is 1. The average molecular weight is 338 g/mol. The van der Waals surface area contributed by atoms with E-state index in [2.05, 4.69) is 10.1 Å². The molecule has 1 heterocycles. The van der Waals surface area contributed by atoms with Crippen LogP contribution < -0.4 is 5.32 Å². The van der Waals surface area contributed by atoms with Crippen molar-refractivity contribution in [3.63, 3.8) is 0 Å². The van der Waals surface area contributed by atoms with Crippen molar-refractivity contribution in [2.45, 2.75) is 19.9 Å². The van der Waals surface area contributed by atoms with Gasteiger partial charge in [0.05, 0.1) is 12.7 Å². The number of rotatable bonds is 5. The molecule has 1 amide bonds. The van der Waals surface area contributed by atoms with Crippen LogP contribution in [0.1, 0.15) is 30.0 Å². The van der Waals surface area contributed by atoms with Crippen LogP contribution in [0.3, 0.4) is 0 Å². The molecule has 2 rings (SSSR count). The van der Waals surface area contributed by atoms with Gasteiger partial charge in [-0.05, 0) is 38.1 Å². The summed E-state index contributed by atoms with van der Waals surface area (Å²) >= 11 is 0. The number of nitrogens with one attached hydrogen (secondary N) is 1. The molecule has 0 radical (unpaired) electrons. The van der Waals surface area contributed by atoms with Gasteiger partial charge < -0.3 is 14.5 Å². The van der Waals surface area contributed by atoms with Crippen molar-refractivity contribution in [1.29, 1.82) is 5.26 Å². The van der Waals surface area contributed by atoms with Crippen LogP contribution in [0.5, 0.6) is 0 Å². The molecule has 0 unspecified atom stereocenters. The summed E-state index contributed by atoms with van der Waals surface area (Å²) in [5, 5.41) is 11.8. The highest BCUT2D eigenvalue weighted by molar-refractivity contribution is 6.01. The van der Waals surface area contributed by atoms with Crippen molar-refractivity contribution in [3.8, 4) is 17.4 Å². The van der Waals surface area contributed by atoms with Crippen LogP contribution >= 0.6 is 0 Å². The molecule has 0 fully saturated rings. The summed E-state index contributed by atoms with van der Waals surface area (Å²) in [5.74, 6) is 0.0917. The summed E-state index contributed by atoms with van der Waals surface area (Å²) in [7, 11) is 1.32. The Hall–Kier alpha value is -3.33. The van der Waals surface area contributed by atoms with E-state index in [1.807, 2.05) is 19.9 Å². The van der Waals surface area contributed by atoms with Crippen molar-refractivity contribution in [2.24, 2.45) is 0 Å². The van der Waals surface area contributed by atoms with Crippen molar-refractivity contribution < 1.29 is 18.7 Å². The Bertz CT molecular complexity index is 839. The standard InChI is InChI=1S/C19H18N2O4/c1-12(2)21-18(22)15(11-20)10-16-8-9-17(25-16)13-4-6-14(7-5-13)19(23)24-3/h4-10,12H,1-3H3,(H,21,22)/b15-10+. The topological polar surface area (TPSA) is 92.3 Å². The molecule has 0 spiro atoms. The summed E-state index contributed by atoms with van der Waals surface area (Å²) in [4.78, 5) is 23.3. The van der Waals surface area contributed by atoms with Crippen LogP contribution in [0, 0.1) is 11.3 Å². The third-order valence-electron chi connectivity index (χ3n) is 3.29. The van der Waals surface area contributed by atoms with Gasteiger partial charge in [-0.25, -0.2) is 4.79 Å². The van der Waals surface area contributed by atoms with Gasteiger partial charge >= 0.3 is 5.97 Å². The van der Waals surface area contributed by atoms with E-state index in [1.54, 1.807) is 36.4 Å². The lowest BCUT2D eigenvalue weighted by molar-refractivity contribution is -0.117. The van der Waals surface area contributed by atoms with Crippen molar-refractivity contribution in [3.05, 3.63) is 53.3 Å². The Morgan fingerprint density at radius 1 is 1.20 bits per heavy atom. The van der Waals surface area contributed by atoms with Crippen LogP contribution in [0.2, 0.25) is 0 Å². The summed E-state index contributed by atoms with van der Waals surface area (Å²) in [6, 6.07) is 11.9. The maximum absolute atomic E-state index is 11.9. The van der Waals surface area contributed by atoms with Gasteiger partial charge in [0.1, 0.15) is 23.2 Å². The highest BCUT2D eigenvalue weighted by atomic mass is 16.5. The molecule has 1 N–H and O–H groups in total. The van der Waals surface area contributed by atoms with Crippen molar-refractivity contribution in [1.82, 2.24) is 5.32 Å². The predicted octanol–water partition coefficient (Wildman–Crippen LogP) is 3.16. The van der Waals surface area contributed by atoms with Crippen LogP contribution in [-0.4, -0.2) is 25.0 Å². The summed E-state index contributed by atoms with van der Waals surface area (Å²) in [5.41, 5.74) is 1.17. The number of carbonyl (C=O) groups is 2. The Balaban J connectivity index is 2.22. The van der Waals surface area contributed by atoms with Crippen LogP contribution in [0.15, 0.2) is 46.4 Å². The third kappa shape index (κ3) is 4.58. The Kier molecular flexibility index (Phi) is 5.75. The number of hydrogen-bond acceptors (Lipinski definition) is 5. The molecule has 6 heteroatoms.